The zero-order valence-corrected chi connectivity index (χ0v) is 13.8. The van der Waals surface area contributed by atoms with Gasteiger partial charge in [0.1, 0.15) is 4.99 Å². The van der Waals surface area contributed by atoms with Crippen molar-refractivity contribution < 1.29 is 8.42 Å². The molecular formula is C13H21N3O2S2. The lowest BCUT2D eigenvalue weighted by Gasteiger charge is -2.25. The topological polar surface area (TPSA) is 75.4 Å². The van der Waals surface area contributed by atoms with Crippen molar-refractivity contribution in [2.45, 2.75) is 32.9 Å². The Morgan fingerprint density at radius 2 is 2.00 bits per heavy atom. The van der Waals surface area contributed by atoms with Crippen LogP contribution in [0.5, 0.6) is 0 Å². The third kappa shape index (κ3) is 5.16. The summed E-state index contributed by atoms with van der Waals surface area (Å²) in [6.45, 7) is 5.64. The predicted molar refractivity (Wildman–Crippen MR) is 85.6 cm³/mol. The van der Waals surface area contributed by atoms with Crippen molar-refractivity contribution in [1.29, 1.82) is 0 Å². The molecule has 0 aromatic heterocycles. The van der Waals surface area contributed by atoms with Gasteiger partial charge in [-0.1, -0.05) is 30.4 Å². The van der Waals surface area contributed by atoms with Crippen LogP contribution >= 0.6 is 12.2 Å². The number of benzene rings is 1. The Balaban J connectivity index is 2.88. The van der Waals surface area contributed by atoms with E-state index < -0.39 is 15.7 Å². The van der Waals surface area contributed by atoms with Gasteiger partial charge in [-0.05, 0) is 32.4 Å². The fourth-order valence-electron chi connectivity index (χ4n) is 1.63. The van der Waals surface area contributed by atoms with Gasteiger partial charge >= 0.3 is 0 Å². The van der Waals surface area contributed by atoms with Crippen LogP contribution in [0.15, 0.2) is 24.3 Å². The summed E-state index contributed by atoms with van der Waals surface area (Å²) in [6.07, 6.45) is 0. The van der Waals surface area contributed by atoms with Crippen molar-refractivity contribution in [3.05, 3.63) is 35.4 Å². The Morgan fingerprint density at radius 1 is 1.40 bits per heavy atom. The second-order valence-corrected chi connectivity index (χ2v) is 7.90. The lowest BCUT2D eigenvalue weighted by Crippen LogP contribution is -2.47. The molecule has 0 saturated carbocycles. The smallest absolute Gasteiger partial charge is 0.279 e. The average Bonchev–Trinajstić information content (AvgIpc) is 2.26. The quantitative estimate of drug-likeness (QED) is 0.805. The molecule has 20 heavy (non-hydrogen) atoms. The Morgan fingerprint density at radius 3 is 2.50 bits per heavy atom. The van der Waals surface area contributed by atoms with Crippen molar-refractivity contribution in [1.82, 2.24) is 9.03 Å². The molecule has 1 aromatic rings. The summed E-state index contributed by atoms with van der Waals surface area (Å²) in [4.78, 5) is 0.296. The number of hydrogen-bond acceptors (Lipinski definition) is 3. The van der Waals surface area contributed by atoms with E-state index in [4.69, 9.17) is 18.0 Å². The van der Waals surface area contributed by atoms with Crippen LogP contribution in [0, 0.1) is 0 Å². The molecule has 1 aromatic carbocycles. The summed E-state index contributed by atoms with van der Waals surface area (Å²) < 4.78 is 28.1. The molecular weight excluding hydrogens is 294 g/mol. The number of rotatable bonds is 5. The molecule has 0 spiro atoms. The molecule has 7 heteroatoms. The van der Waals surface area contributed by atoms with E-state index in [1.165, 1.54) is 11.4 Å². The van der Waals surface area contributed by atoms with Crippen LogP contribution in [-0.4, -0.2) is 30.3 Å². The Kier molecular flexibility index (Phi) is 5.26. The largest absolute Gasteiger partial charge is 0.389 e. The maximum atomic E-state index is 12.1. The van der Waals surface area contributed by atoms with Crippen LogP contribution in [0.25, 0.3) is 0 Å². The highest BCUT2D eigenvalue weighted by molar-refractivity contribution is 7.87. The summed E-state index contributed by atoms with van der Waals surface area (Å²) in [5.74, 6) is 0. The van der Waals surface area contributed by atoms with Crippen LogP contribution in [0.1, 0.15) is 31.9 Å². The van der Waals surface area contributed by atoms with Crippen molar-refractivity contribution in [2.24, 2.45) is 5.73 Å². The summed E-state index contributed by atoms with van der Waals surface area (Å²) in [6, 6.07) is 7.24. The third-order valence-electron chi connectivity index (χ3n) is 2.46. The first-order valence-corrected chi connectivity index (χ1v) is 8.00. The molecule has 0 aliphatic heterocycles. The standard InChI is InChI=1S/C13H21N3O2S2/c1-13(2,3)15-20(17,18)16(4)9-10-6-5-7-11(8-10)12(14)19/h5-8,15H,9H2,1-4H3,(H2,14,19). The second-order valence-electron chi connectivity index (χ2n) is 5.68. The zero-order valence-electron chi connectivity index (χ0n) is 12.2. The van der Waals surface area contributed by atoms with Gasteiger partial charge < -0.3 is 5.73 Å². The average molecular weight is 315 g/mol. The third-order valence-corrected chi connectivity index (χ3v) is 4.52. The summed E-state index contributed by atoms with van der Waals surface area (Å²) in [7, 11) is -2.00. The molecule has 1 rings (SSSR count). The van der Waals surface area contributed by atoms with Gasteiger partial charge in [0.25, 0.3) is 10.2 Å². The van der Waals surface area contributed by atoms with Crippen LogP contribution in [0.3, 0.4) is 0 Å². The van der Waals surface area contributed by atoms with E-state index in [-0.39, 0.29) is 6.54 Å². The van der Waals surface area contributed by atoms with Crippen LogP contribution in [0.4, 0.5) is 0 Å². The first-order chi connectivity index (χ1) is 9.01. The first-order valence-electron chi connectivity index (χ1n) is 6.15. The molecule has 112 valence electrons. The molecule has 3 N–H and O–H groups in total. The highest BCUT2D eigenvalue weighted by Crippen LogP contribution is 2.11. The van der Waals surface area contributed by atoms with Crippen LogP contribution in [-0.2, 0) is 16.8 Å². The van der Waals surface area contributed by atoms with Crippen molar-refractivity contribution in [3.63, 3.8) is 0 Å². The number of hydrogen-bond donors (Lipinski definition) is 2. The maximum Gasteiger partial charge on any atom is 0.279 e. The molecule has 0 fully saturated rings. The number of nitrogens with one attached hydrogen (secondary N) is 1. The van der Waals surface area contributed by atoms with Gasteiger partial charge in [-0.15, -0.1) is 0 Å². The lowest BCUT2D eigenvalue weighted by atomic mass is 10.1. The van der Waals surface area contributed by atoms with Gasteiger partial charge in [0.15, 0.2) is 0 Å². The molecule has 0 atom stereocenters. The van der Waals surface area contributed by atoms with Gasteiger partial charge in [0.05, 0.1) is 0 Å². The molecule has 0 aliphatic carbocycles. The van der Waals surface area contributed by atoms with E-state index in [0.29, 0.717) is 4.99 Å². The number of nitrogens with two attached hydrogens (primary N) is 1. The normalized spacial score (nSPS) is 12.7. The maximum absolute atomic E-state index is 12.1. The van der Waals surface area contributed by atoms with Gasteiger partial charge in [-0.3, -0.25) is 0 Å². The van der Waals surface area contributed by atoms with E-state index in [9.17, 15) is 8.42 Å². The molecule has 0 unspecified atom stereocenters. The van der Waals surface area contributed by atoms with Crippen molar-refractivity contribution >= 4 is 27.4 Å². The summed E-state index contributed by atoms with van der Waals surface area (Å²) >= 11 is 4.91. The Labute approximate surface area is 126 Å². The molecule has 0 radical (unpaired) electrons. The fraction of sp³-hybridized carbons (Fsp3) is 0.462. The minimum absolute atomic E-state index is 0.252. The van der Waals surface area contributed by atoms with Crippen LogP contribution in [0.2, 0.25) is 0 Å². The lowest BCUT2D eigenvalue weighted by molar-refractivity contribution is 0.421. The molecule has 0 saturated heterocycles. The second kappa shape index (κ2) is 6.17. The molecule has 5 nitrogen and oxygen atoms in total. The minimum Gasteiger partial charge on any atom is -0.389 e. The van der Waals surface area contributed by atoms with E-state index in [2.05, 4.69) is 4.72 Å². The summed E-state index contributed by atoms with van der Waals surface area (Å²) in [5, 5.41) is 0. The van der Waals surface area contributed by atoms with E-state index in [1.54, 1.807) is 32.9 Å². The fourth-order valence-corrected chi connectivity index (χ4v) is 3.01. The Hall–Kier alpha value is -1.02. The number of thiocarbonyl (C=S) groups is 1. The monoisotopic (exact) mass is 315 g/mol. The SMILES string of the molecule is CN(Cc1cccc(C(N)=S)c1)S(=O)(=O)NC(C)(C)C. The van der Waals surface area contributed by atoms with Crippen LogP contribution < -0.4 is 10.5 Å². The first kappa shape index (κ1) is 17.0. The van der Waals surface area contributed by atoms with E-state index in [1.807, 2.05) is 12.1 Å². The van der Waals surface area contributed by atoms with Crippen molar-refractivity contribution in [3.8, 4) is 0 Å². The molecule has 0 aliphatic rings. The highest BCUT2D eigenvalue weighted by atomic mass is 32.2. The van der Waals surface area contributed by atoms with E-state index >= 15 is 0 Å². The molecule has 0 amide bonds. The molecule has 0 bridgehead atoms. The number of nitrogens with zero attached hydrogens (tertiary/aromatic N) is 1. The van der Waals surface area contributed by atoms with Gasteiger partial charge in [0, 0.05) is 24.7 Å². The minimum atomic E-state index is -3.53. The highest BCUT2D eigenvalue weighted by Gasteiger charge is 2.24. The zero-order chi connectivity index (χ0) is 15.6. The van der Waals surface area contributed by atoms with Gasteiger partial charge in [-0.2, -0.15) is 17.4 Å². The van der Waals surface area contributed by atoms with Crippen molar-refractivity contribution in [2.75, 3.05) is 7.05 Å². The summed E-state index contributed by atoms with van der Waals surface area (Å²) in [5.41, 5.74) is 6.61. The van der Waals surface area contributed by atoms with E-state index in [0.717, 1.165) is 11.1 Å². The molecule has 0 heterocycles. The Bertz CT molecular complexity index is 592. The van der Waals surface area contributed by atoms with Gasteiger partial charge in [-0.25, -0.2) is 0 Å². The predicted octanol–water partition coefficient (Wildman–Crippen LogP) is 1.39. The van der Waals surface area contributed by atoms with Gasteiger partial charge in [0.2, 0.25) is 0 Å².